The van der Waals surface area contributed by atoms with E-state index in [9.17, 15) is 0 Å². The molecule has 2 aromatic rings. The summed E-state index contributed by atoms with van der Waals surface area (Å²) >= 11 is 0. The van der Waals surface area contributed by atoms with Gasteiger partial charge in [0.05, 0.1) is 11.7 Å². The summed E-state index contributed by atoms with van der Waals surface area (Å²) in [5.41, 5.74) is 6.45. The van der Waals surface area contributed by atoms with Crippen molar-refractivity contribution >= 4 is 5.69 Å². The Labute approximate surface area is 108 Å². The second-order valence-electron chi connectivity index (χ2n) is 5.10. The van der Waals surface area contributed by atoms with E-state index in [1.807, 2.05) is 12.3 Å². The van der Waals surface area contributed by atoms with Crippen molar-refractivity contribution in [2.24, 2.45) is 0 Å². The highest BCUT2D eigenvalue weighted by Gasteiger charge is 2.23. The molecule has 3 rings (SSSR count). The zero-order valence-corrected chi connectivity index (χ0v) is 10.9. The molecule has 0 saturated carbocycles. The summed E-state index contributed by atoms with van der Waals surface area (Å²) in [4.78, 5) is 4.52. The number of fused-ring (bicyclic) bond motifs is 1. The van der Waals surface area contributed by atoms with E-state index in [1.165, 1.54) is 28.1 Å². The molecule has 2 heteroatoms. The molecular formula is C16H18N2. The first-order chi connectivity index (χ1) is 8.74. The second-order valence-corrected chi connectivity index (χ2v) is 5.10. The van der Waals surface area contributed by atoms with Crippen LogP contribution >= 0.6 is 0 Å². The molecule has 1 N–H and O–H groups in total. The summed E-state index contributed by atoms with van der Waals surface area (Å²) in [5.74, 6) is 0. The molecule has 0 aliphatic heterocycles. The van der Waals surface area contributed by atoms with E-state index in [1.54, 1.807) is 0 Å². The molecule has 18 heavy (non-hydrogen) atoms. The largest absolute Gasteiger partial charge is 0.376 e. The van der Waals surface area contributed by atoms with E-state index in [2.05, 4.69) is 48.4 Å². The first-order valence-electron chi connectivity index (χ1n) is 6.51. The minimum Gasteiger partial charge on any atom is -0.376 e. The fraction of sp³-hybridized carbons (Fsp3) is 0.312. The van der Waals surface area contributed by atoms with Crippen LogP contribution in [0.25, 0.3) is 0 Å². The number of aromatic nitrogens is 1. The predicted octanol–water partition coefficient (Wildman–Crippen LogP) is 3.80. The second kappa shape index (κ2) is 4.45. The number of aryl methyl sites for hydroxylation is 3. The van der Waals surface area contributed by atoms with Gasteiger partial charge in [-0.2, -0.15) is 0 Å². The van der Waals surface area contributed by atoms with Gasteiger partial charge in [0.1, 0.15) is 0 Å². The number of hydrogen-bond acceptors (Lipinski definition) is 2. The monoisotopic (exact) mass is 238 g/mol. The number of nitrogens with zero attached hydrogens (tertiary/aromatic N) is 1. The van der Waals surface area contributed by atoms with Gasteiger partial charge in [0.2, 0.25) is 0 Å². The van der Waals surface area contributed by atoms with Gasteiger partial charge in [-0.15, -0.1) is 0 Å². The highest BCUT2D eigenvalue weighted by Crippen LogP contribution is 2.32. The van der Waals surface area contributed by atoms with Crippen molar-refractivity contribution in [3.8, 4) is 0 Å². The molecular weight excluding hydrogens is 220 g/mol. The van der Waals surface area contributed by atoms with Crippen LogP contribution in [0.5, 0.6) is 0 Å². The molecule has 0 fully saturated rings. The summed E-state index contributed by atoms with van der Waals surface area (Å²) in [7, 11) is 0. The molecule has 1 aromatic carbocycles. The van der Waals surface area contributed by atoms with Crippen LogP contribution in [0.15, 0.2) is 36.5 Å². The average molecular weight is 238 g/mol. The third-order valence-electron chi connectivity index (χ3n) is 3.67. The van der Waals surface area contributed by atoms with E-state index in [-0.39, 0.29) is 0 Å². The molecule has 2 nitrogen and oxygen atoms in total. The van der Waals surface area contributed by atoms with Gasteiger partial charge in [0.25, 0.3) is 0 Å². The van der Waals surface area contributed by atoms with Crippen LogP contribution in [0, 0.1) is 13.8 Å². The number of anilines is 1. The standard InChI is InChI=1S/C16H18N2/c1-11-5-7-14(12(2)10-11)18-15-8-6-13-4-3-9-17-16(13)15/h3-5,7,9-10,15,18H,6,8H2,1-2H3. The van der Waals surface area contributed by atoms with Gasteiger partial charge < -0.3 is 5.32 Å². The van der Waals surface area contributed by atoms with Gasteiger partial charge in [-0.1, -0.05) is 23.8 Å². The number of hydrogen-bond donors (Lipinski definition) is 1. The molecule has 0 amide bonds. The summed E-state index contributed by atoms with van der Waals surface area (Å²) in [5, 5.41) is 3.63. The maximum Gasteiger partial charge on any atom is 0.0691 e. The Hall–Kier alpha value is -1.83. The normalized spacial score (nSPS) is 17.6. The van der Waals surface area contributed by atoms with E-state index in [4.69, 9.17) is 0 Å². The maximum absolute atomic E-state index is 4.52. The van der Waals surface area contributed by atoms with Crippen LogP contribution in [0.3, 0.4) is 0 Å². The van der Waals surface area contributed by atoms with Gasteiger partial charge in [-0.25, -0.2) is 0 Å². The van der Waals surface area contributed by atoms with Crippen molar-refractivity contribution in [1.29, 1.82) is 0 Å². The molecule has 0 spiro atoms. The SMILES string of the molecule is Cc1ccc(NC2CCc3cccnc32)c(C)c1. The van der Waals surface area contributed by atoms with Crippen LogP contribution in [0.4, 0.5) is 5.69 Å². The lowest BCUT2D eigenvalue weighted by Gasteiger charge is -2.16. The summed E-state index contributed by atoms with van der Waals surface area (Å²) in [6.45, 7) is 4.28. The molecule has 1 atom stereocenters. The van der Waals surface area contributed by atoms with Crippen LogP contribution in [-0.4, -0.2) is 4.98 Å². The third kappa shape index (κ3) is 1.99. The zero-order chi connectivity index (χ0) is 12.5. The van der Waals surface area contributed by atoms with E-state index >= 15 is 0 Å². The smallest absolute Gasteiger partial charge is 0.0691 e. The average Bonchev–Trinajstić information content (AvgIpc) is 2.76. The lowest BCUT2D eigenvalue weighted by atomic mass is 10.1. The molecule has 1 heterocycles. The van der Waals surface area contributed by atoms with Crippen LogP contribution < -0.4 is 5.32 Å². The van der Waals surface area contributed by atoms with Gasteiger partial charge in [0.15, 0.2) is 0 Å². The Morgan fingerprint density at radius 1 is 1.22 bits per heavy atom. The fourth-order valence-electron chi connectivity index (χ4n) is 2.72. The maximum atomic E-state index is 4.52. The van der Waals surface area contributed by atoms with Gasteiger partial charge >= 0.3 is 0 Å². The van der Waals surface area contributed by atoms with E-state index in [0.29, 0.717) is 6.04 Å². The Morgan fingerprint density at radius 3 is 2.94 bits per heavy atom. The number of nitrogens with one attached hydrogen (secondary N) is 1. The number of pyridine rings is 1. The summed E-state index contributed by atoms with van der Waals surface area (Å²) in [6.07, 6.45) is 4.16. The molecule has 1 aliphatic rings. The summed E-state index contributed by atoms with van der Waals surface area (Å²) in [6, 6.07) is 11.1. The molecule has 1 aromatic heterocycles. The first kappa shape index (κ1) is 11.3. The lowest BCUT2D eigenvalue weighted by molar-refractivity contribution is 0.745. The van der Waals surface area contributed by atoms with Crippen molar-refractivity contribution in [3.63, 3.8) is 0 Å². The Bertz CT molecular complexity index is 575. The van der Waals surface area contributed by atoms with Gasteiger partial charge in [-0.3, -0.25) is 4.98 Å². The molecule has 0 saturated heterocycles. The zero-order valence-electron chi connectivity index (χ0n) is 10.9. The van der Waals surface area contributed by atoms with Crippen molar-refractivity contribution in [2.75, 3.05) is 5.32 Å². The van der Waals surface area contributed by atoms with Crippen molar-refractivity contribution < 1.29 is 0 Å². The van der Waals surface area contributed by atoms with Gasteiger partial charge in [0, 0.05) is 11.9 Å². The molecule has 1 aliphatic carbocycles. The minimum absolute atomic E-state index is 0.364. The Balaban J connectivity index is 1.86. The highest BCUT2D eigenvalue weighted by molar-refractivity contribution is 5.54. The quantitative estimate of drug-likeness (QED) is 0.860. The topological polar surface area (TPSA) is 24.9 Å². The van der Waals surface area contributed by atoms with Crippen molar-refractivity contribution in [1.82, 2.24) is 4.98 Å². The van der Waals surface area contributed by atoms with Gasteiger partial charge in [-0.05, 0) is 49.9 Å². The third-order valence-corrected chi connectivity index (χ3v) is 3.67. The van der Waals surface area contributed by atoms with E-state index < -0.39 is 0 Å². The first-order valence-corrected chi connectivity index (χ1v) is 6.51. The summed E-state index contributed by atoms with van der Waals surface area (Å²) < 4.78 is 0. The number of rotatable bonds is 2. The predicted molar refractivity (Wildman–Crippen MR) is 74.8 cm³/mol. The van der Waals surface area contributed by atoms with Crippen LogP contribution in [0.2, 0.25) is 0 Å². The Morgan fingerprint density at radius 2 is 2.11 bits per heavy atom. The van der Waals surface area contributed by atoms with E-state index in [0.717, 1.165) is 12.8 Å². The minimum atomic E-state index is 0.364. The van der Waals surface area contributed by atoms with Crippen LogP contribution in [-0.2, 0) is 6.42 Å². The highest BCUT2D eigenvalue weighted by atomic mass is 15.0. The number of benzene rings is 1. The molecule has 92 valence electrons. The van der Waals surface area contributed by atoms with Crippen molar-refractivity contribution in [3.05, 3.63) is 58.9 Å². The van der Waals surface area contributed by atoms with Crippen molar-refractivity contribution in [2.45, 2.75) is 32.7 Å². The fourth-order valence-corrected chi connectivity index (χ4v) is 2.72. The van der Waals surface area contributed by atoms with Crippen LogP contribution in [0.1, 0.15) is 34.8 Å². The molecule has 0 bridgehead atoms. The molecule has 0 radical (unpaired) electrons. The lowest BCUT2D eigenvalue weighted by Crippen LogP contribution is -2.09. The molecule has 1 unspecified atom stereocenters. The Kier molecular flexibility index (Phi) is 2.78.